The van der Waals surface area contributed by atoms with Gasteiger partial charge in [0.15, 0.2) is 23.5 Å². The van der Waals surface area contributed by atoms with Crippen LogP contribution in [0.5, 0.6) is 0 Å². The maximum absolute atomic E-state index is 12.0. The normalized spacial score (nSPS) is 25.7. The molecule has 11 nitrogen and oxygen atoms in total. The van der Waals surface area contributed by atoms with Gasteiger partial charge in [-0.3, -0.25) is 19.1 Å². The Balaban J connectivity index is 1.95. The van der Waals surface area contributed by atoms with E-state index in [-0.39, 0.29) is 23.5 Å². The number of aromatic amines is 1. The van der Waals surface area contributed by atoms with E-state index in [0.717, 1.165) is 6.42 Å². The molecule has 26 heavy (non-hydrogen) atoms. The zero-order chi connectivity index (χ0) is 18.8. The van der Waals surface area contributed by atoms with E-state index in [1.165, 1.54) is 10.9 Å². The van der Waals surface area contributed by atoms with E-state index in [9.17, 15) is 19.8 Å². The summed E-state index contributed by atoms with van der Waals surface area (Å²) in [6.07, 6.45) is -1.34. The predicted molar refractivity (Wildman–Crippen MR) is 89.0 cm³/mol. The molecule has 0 saturated carbocycles. The van der Waals surface area contributed by atoms with Crippen LogP contribution in [0.3, 0.4) is 0 Å². The number of nitrogens with two attached hydrogens (primary N) is 1. The van der Waals surface area contributed by atoms with E-state index in [1.807, 2.05) is 6.92 Å². The molecule has 3 heterocycles. The van der Waals surface area contributed by atoms with Crippen molar-refractivity contribution in [3.63, 3.8) is 0 Å². The van der Waals surface area contributed by atoms with Gasteiger partial charge >= 0.3 is 5.97 Å². The zero-order valence-corrected chi connectivity index (χ0v) is 14.2. The molecule has 1 aliphatic rings. The lowest BCUT2D eigenvalue weighted by Crippen LogP contribution is -2.37. The number of carbonyl (C=O) groups excluding carboxylic acids is 1. The van der Waals surface area contributed by atoms with Gasteiger partial charge in [-0.2, -0.15) is 4.98 Å². The monoisotopic (exact) mass is 367 g/mol. The number of hydrogen-bond acceptors (Lipinski definition) is 9. The molecule has 1 fully saturated rings. The number of imidazole rings is 1. The number of H-pyrrole nitrogens is 1. The van der Waals surface area contributed by atoms with Gasteiger partial charge in [-0.05, 0) is 6.42 Å². The van der Waals surface area contributed by atoms with Gasteiger partial charge in [0, 0.05) is 6.42 Å². The van der Waals surface area contributed by atoms with Gasteiger partial charge in [-0.1, -0.05) is 13.3 Å². The number of hydrogen-bond donors (Lipinski definition) is 4. The van der Waals surface area contributed by atoms with Crippen LogP contribution in [0.15, 0.2) is 11.1 Å². The number of aliphatic hydroxyl groups is 2. The minimum atomic E-state index is -1.24. The lowest BCUT2D eigenvalue weighted by atomic mass is 10.1. The highest BCUT2D eigenvalue weighted by molar-refractivity contribution is 5.71. The number of nitrogens with zero attached hydrogens (tertiary/aromatic N) is 3. The number of aromatic nitrogens is 4. The highest BCUT2D eigenvalue weighted by Gasteiger charge is 2.47. The fourth-order valence-corrected chi connectivity index (χ4v) is 2.88. The summed E-state index contributed by atoms with van der Waals surface area (Å²) >= 11 is 0. The number of anilines is 1. The second kappa shape index (κ2) is 7.40. The first-order valence-electron chi connectivity index (χ1n) is 8.32. The maximum atomic E-state index is 12.0. The molecular weight excluding hydrogens is 346 g/mol. The first-order chi connectivity index (χ1) is 12.5. The van der Waals surface area contributed by atoms with Crippen LogP contribution in [0, 0.1) is 0 Å². The molecular formula is C15H21N5O6. The third kappa shape index (κ3) is 3.28. The van der Waals surface area contributed by atoms with Crippen molar-refractivity contribution >= 4 is 23.1 Å². The molecule has 0 spiro atoms. The Bertz CT molecular complexity index is 849. The number of fused-ring (bicyclic) bond motifs is 1. The first-order valence-corrected chi connectivity index (χ1v) is 8.32. The number of unbranched alkanes of at least 4 members (excludes halogenated alkanes) is 1. The summed E-state index contributed by atoms with van der Waals surface area (Å²) < 4.78 is 12.4. The highest BCUT2D eigenvalue weighted by Crippen LogP contribution is 2.33. The van der Waals surface area contributed by atoms with E-state index >= 15 is 0 Å². The lowest BCUT2D eigenvalue weighted by molar-refractivity contribution is -0.158. The van der Waals surface area contributed by atoms with Crippen LogP contribution in [0.2, 0.25) is 0 Å². The number of nitrogen functional groups attached to an aromatic ring is 1. The molecule has 142 valence electrons. The number of nitrogens with one attached hydrogen (secondary N) is 1. The Morgan fingerprint density at radius 2 is 2.31 bits per heavy atom. The van der Waals surface area contributed by atoms with Crippen molar-refractivity contribution in [2.75, 3.05) is 12.3 Å². The van der Waals surface area contributed by atoms with Crippen LogP contribution in [-0.4, -0.2) is 60.6 Å². The lowest BCUT2D eigenvalue weighted by Gasteiger charge is -2.21. The molecule has 2 aromatic heterocycles. The molecule has 0 aliphatic carbocycles. The average molecular weight is 367 g/mol. The Morgan fingerprint density at radius 1 is 1.54 bits per heavy atom. The van der Waals surface area contributed by atoms with Crippen molar-refractivity contribution in [2.24, 2.45) is 0 Å². The van der Waals surface area contributed by atoms with Gasteiger partial charge in [-0.15, -0.1) is 0 Å². The van der Waals surface area contributed by atoms with E-state index in [2.05, 4.69) is 15.0 Å². The summed E-state index contributed by atoms with van der Waals surface area (Å²) in [6, 6.07) is 0. The minimum absolute atomic E-state index is 0.0285. The molecule has 11 heteroatoms. The Labute approximate surface area is 147 Å². The SMILES string of the molecule is CCCCC(=O)OC1C(O)C(CO)OC1n1cnc2c(=O)[nH]c(N)nc21. The van der Waals surface area contributed by atoms with Gasteiger partial charge in [0.2, 0.25) is 5.95 Å². The molecule has 4 atom stereocenters. The third-order valence-electron chi connectivity index (χ3n) is 4.22. The number of carbonyl (C=O) groups is 1. The van der Waals surface area contributed by atoms with Gasteiger partial charge in [-0.25, -0.2) is 4.98 Å². The fourth-order valence-electron chi connectivity index (χ4n) is 2.88. The van der Waals surface area contributed by atoms with Crippen molar-refractivity contribution < 1.29 is 24.5 Å². The molecule has 1 aliphatic heterocycles. The van der Waals surface area contributed by atoms with Crippen LogP contribution >= 0.6 is 0 Å². The van der Waals surface area contributed by atoms with Crippen molar-refractivity contribution in [3.05, 3.63) is 16.7 Å². The van der Waals surface area contributed by atoms with Gasteiger partial charge in [0.05, 0.1) is 12.9 Å². The maximum Gasteiger partial charge on any atom is 0.306 e. The van der Waals surface area contributed by atoms with Crippen molar-refractivity contribution in [2.45, 2.75) is 50.7 Å². The largest absolute Gasteiger partial charge is 0.455 e. The number of aliphatic hydroxyl groups excluding tert-OH is 2. The Kier molecular flexibility index (Phi) is 5.20. The molecule has 0 amide bonds. The third-order valence-corrected chi connectivity index (χ3v) is 4.22. The van der Waals surface area contributed by atoms with Crippen LogP contribution in [0.25, 0.3) is 11.2 Å². The summed E-state index contributed by atoms with van der Waals surface area (Å²) in [5.74, 6) is -0.601. The van der Waals surface area contributed by atoms with Crippen LogP contribution < -0.4 is 11.3 Å². The number of ether oxygens (including phenoxy) is 2. The summed E-state index contributed by atoms with van der Waals surface area (Å²) in [6.45, 7) is 1.47. The molecule has 3 rings (SSSR count). The molecule has 1 saturated heterocycles. The zero-order valence-electron chi connectivity index (χ0n) is 14.2. The topological polar surface area (TPSA) is 166 Å². The first kappa shape index (κ1) is 18.3. The standard InChI is InChI=1S/C15H21N5O6/c1-2-3-4-8(22)26-11-10(23)7(5-21)25-14(11)20-6-17-9-12(20)18-15(16)19-13(9)24/h6-7,10-11,14,21,23H,2-5H2,1H3,(H3,16,18,19,24). The summed E-state index contributed by atoms with van der Waals surface area (Å²) in [5.41, 5.74) is 5.20. The van der Waals surface area contributed by atoms with Gasteiger partial charge in [0.25, 0.3) is 5.56 Å². The van der Waals surface area contributed by atoms with Crippen molar-refractivity contribution in [1.82, 2.24) is 19.5 Å². The molecule has 0 radical (unpaired) electrons. The van der Waals surface area contributed by atoms with Crippen LogP contribution in [0.4, 0.5) is 5.95 Å². The highest BCUT2D eigenvalue weighted by atomic mass is 16.6. The molecule has 5 N–H and O–H groups in total. The second-order valence-corrected chi connectivity index (χ2v) is 6.07. The van der Waals surface area contributed by atoms with Gasteiger partial charge in [0.1, 0.15) is 12.2 Å². The average Bonchev–Trinajstić information content (AvgIpc) is 3.15. The molecule has 0 aromatic carbocycles. The summed E-state index contributed by atoms with van der Waals surface area (Å²) in [4.78, 5) is 34.3. The van der Waals surface area contributed by atoms with Crippen molar-refractivity contribution in [1.29, 1.82) is 0 Å². The molecule has 0 bridgehead atoms. The number of esters is 1. The summed E-state index contributed by atoms with van der Waals surface area (Å²) in [5, 5.41) is 19.8. The van der Waals surface area contributed by atoms with E-state index in [1.54, 1.807) is 0 Å². The fraction of sp³-hybridized carbons (Fsp3) is 0.600. The minimum Gasteiger partial charge on any atom is -0.455 e. The second-order valence-electron chi connectivity index (χ2n) is 6.07. The van der Waals surface area contributed by atoms with E-state index in [0.29, 0.717) is 6.42 Å². The molecule has 2 aromatic rings. The Morgan fingerprint density at radius 3 is 3.00 bits per heavy atom. The van der Waals surface area contributed by atoms with Crippen LogP contribution in [0.1, 0.15) is 32.4 Å². The quantitative estimate of drug-likeness (QED) is 0.471. The Hall–Kier alpha value is -2.50. The number of rotatable bonds is 6. The van der Waals surface area contributed by atoms with E-state index < -0.39 is 42.7 Å². The predicted octanol–water partition coefficient (Wildman–Crippen LogP) is -0.946. The summed E-state index contributed by atoms with van der Waals surface area (Å²) in [7, 11) is 0. The van der Waals surface area contributed by atoms with E-state index in [4.69, 9.17) is 15.2 Å². The van der Waals surface area contributed by atoms with Crippen molar-refractivity contribution in [3.8, 4) is 0 Å². The van der Waals surface area contributed by atoms with Crippen LogP contribution in [-0.2, 0) is 14.3 Å². The smallest absolute Gasteiger partial charge is 0.306 e. The van der Waals surface area contributed by atoms with Gasteiger partial charge < -0.3 is 25.4 Å². The molecule has 4 unspecified atom stereocenters.